The van der Waals surface area contributed by atoms with Crippen molar-refractivity contribution in [1.29, 1.82) is 0 Å². The normalized spacial score (nSPS) is 11.7. The molecule has 2 aromatic carbocycles. The highest BCUT2D eigenvalue weighted by Crippen LogP contribution is 2.27. The van der Waals surface area contributed by atoms with Crippen LogP contribution in [0.15, 0.2) is 59.2 Å². The fraction of sp³-hybridized carbons (Fsp3) is 0.238. The first-order valence-corrected chi connectivity index (χ1v) is 8.84. The number of hydrogen-bond donors (Lipinski definition) is 2. The zero-order valence-corrected chi connectivity index (χ0v) is 15.8. The molecule has 1 unspecified atom stereocenters. The van der Waals surface area contributed by atoms with Gasteiger partial charge >= 0.3 is 0 Å². The van der Waals surface area contributed by atoms with Crippen LogP contribution < -0.4 is 20.5 Å². The second-order valence-corrected chi connectivity index (χ2v) is 6.24. The predicted molar refractivity (Wildman–Crippen MR) is 104 cm³/mol. The van der Waals surface area contributed by atoms with Crippen LogP contribution in [0, 0.1) is 0 Å². The van der Waals surface area contributed by atoms with E-state index in [9.17, 15) is 4.79 Å². The number of amides is 1. The van der Waals surface area contributed by atoms with E-state index in [1.165, 1.54) is 6.26 Å². The minimum absolute atomic E-state index is 0.194. The van der Waals surface area contributed by atoms with Crippen LogP contribution in [0.2, 0.25) is 0 Å². The van der Waals surface area contributed by atoms with Crippen molar-refractivity contribution in [1.82, 2.24) is 10.3 Å². The summed E-state index contributed by atoms with van der Waals surface area (Å²) in [6.45, 7) is 0.317. The molecule has 0 fully saturated rings. The van der Waals surface area contributed by atoms with Crippen molar-refractivity contribution in [2.75, 3.05) is 14.2 Å². The van der Waals surface area contributed by atoms with E-state index in [1.54, 1.807) is 20.3 Å². The summed E-state index contributed by atoms with van der Waals surface area (Å²) < 4.78 is 15.9. The lowest BCUT2D eigenvalue weighted by molar-refractivity contribution is 0.0946. The van der Waals surface area contributed by atoms with Gasteiger partial charge in [0, 0.05) is 6.54 Å². The first-order chi connectivity index (χ1) is 13.6. The van der Waals surface area contributed by atoms with Gasteiger partial charge in [0.1, 0.15) is 6.26 Å². The van der Waals surface area contributed by atoms with Gasteiger partial charge in [-0.05, 0) is 29.7 Å². The quantitative estimate of drug-likeness (QED) is 0.622. The molecule has 0 spiro atoms. The third kappa shape index (κ3) is 4.69. The summed E-state index contributed by atoms with van der Waals surface area (Å²) in [5.74, 6) is 1.23. The molecule has 3 N–H and O–H groups in total. The van der Waals surface area contributed by atoms with Gasteiger partial charge in [-0.15, -0.1) is 0 Å². The average molecular weight is 381 g/mol. The van der Waals surface area contributed by atoms with Gasteiger partial charge in [0.2, 0.25) is 5.89 Å². The molecule has 1 aromatic heterocycles. The Morgan fingerprint density at radius 2 is 1.86 bits per heavy atom. The predicted octanol–water partition coefficient (Wildman–Crippen LogP) is 2.86. The minimum Gasteiger partial charge on any atom is -0.493 e. The van der Waals surface area contributed by atoms with Crippen LogP contribution in [0.4, 0.5) is 0 Å². The summed E-state index contributed by atoms with van der Waals surface area (Å²) >= 11 is 0. The SMILES string of the molecule is COc1ccc(CNC(=O)c2coc(C(N)Cc3ccccc3)n2)cc1OC. The number of methoxy groups -OCH3 is 2. The van der Waals surface area contributed by atoms with Crippen molar-refractivity contribution in [2.45, 2.75) is 19.0 Å². The smallest absolute Gasteiger partial charge is 0.273 e. The van der Waals surface area contributed by atoms with Gasteiger partial charge in [0.15, 0.2) is 17.2 Å². The van der Waals surface area contributed by atoms with Gasteiger partial charge < -0.3 is 24.9 Å². The third-order valence-corrected chi connectivity index (χ3v) is 4.27. The van der Waals surface area contributed by atoms with Crippen LogP contribution in [0.25, 0.3) is 0 Å². The highest BCUT2D eigenvalue weighted by Gasteiger charge is 2.17. The molecule has 0 saturated carbocycles. The molecule has 0 aliphatic heterocycles. The summed E-state index contributed by atoms with van der Waals surface area (Å²) in [7, 11) is 3.14. The topological polar surface area (TPSA) is 99.6 Å². The Morgan fingerprint density at radius 3 is 2.57 bits per heavy atom. The number of hydrogen-bond acceptors (Lipinski definition) is 6. The van der Waals surface area contributed by atoms with Crippen LogP contribution >= 0.6 is 0 Å². The molecule has 3 rings (SSSR count). The monoisotopic (exact) mass is 381 g/mol. The lowest BCUT2D eigenvalue weighted by Gasteiger charge is -2.10. The Labute approximate surface area is 163 Å². The molecule has 146 valence electrons. The summed E-state index contributed by atoms with van der Waals surface area (Å²) in [6, 6.07) is 14.8. The molecule has 7 nitrogen and oxygen atoms in total. The van der Waals surface area contributed by atoms with Crippen molar-refractivity contribution in [2.24, 2.45) is 5.73 Å². The van der Waals surface area contributed by atoms with E-state index in [4.69, 9.17) is 19.6 Å². The number of ether oxygens (including phenoxy) is 2. The highest BCUT2D eigenvalue weighted by molar-refractivity contribution is 5.91. The van der Waals surface area contributed by atoms with Crippen molar-refractivity contribution in [3.05, 3.63) is 77.5 Å². The van der Waals surface area contributed by atoms with Gasteiger partial charge in [-0.1, -0.05) is 36.4 Å². The molecule has 1 heterocycles. The standard InChI is InChI=1S/C21H23N3O4/c1-26-18-9-8-15(11-19(18)27-2)12-23-20(25)17-13-28-21(24-17)16(22)10-14-6-4-3-5-7-14/h3-9,11,13,16H,10,12,22H2,1-2H3,(H,23,25). The lowest BCUT2D eigenvalue weighted by Crippen LogP contribution is -2.23. The maximum absolute atomic E-state index is 12.4. The number of rotatable bonds is 8. The number of nitrogens with one attached hydrogen (secondary N) is 1. The molecular weight excluding hydrogens is 358 g/mol. The third-order valence-electron chi connectivity index (χ3n) is 4.27. The Hall–Kier alpha value is -3.32. The van der Waals surface area contributed by atoms with Crippen LogP contribution in [0.1, 0.15) is 33.5 Å². The minimum atomic E-state index is -0.421. The number of benzene rings is 2. The van der Waals surface area contributed by atoms with Crippen molar-refractivity contribution >= 4 is 5.91 Å². The Morgan fingerprint density at radius 1 is 1.11 bits per heavy atom. The molecule has 7 heteroatoms. The van der Waals surface area contributed by atoms with E-state index < -0.39 is 6.04 Å². The van der Waals surface area contributed by atoms with Crippen LogP contribution in [-0.2, 0) is 13.0 Å². The molecule has 1 atom stereocenters. The molecule has 1 amide bonds. The Bertz CT molecular complexity index is 924. The zero-order chi connectivity index (χ0) is 19.9. The van der Waals surface area contributed by atoms with Gasteiger partial charge in [0.05, 0.1) is 20.3 Å². The van der Waals surface area contributed by atoms with Gasteiger partial charge in [-0.25, -0.2) is 4.98 Å². The maximum Gasteiger partial charge on any atom is 0.273 e. The molecule has 0 saturated heterocycles. The van der Waals surface area contributed by atoms with Crippen LogP contribution in [0.5, 0.6) is 11.5 Å². The summed E-state index contributed by atoms with van der Waals surface area (Å²) in [5.41, 5.74) is 8.29. The average Bonchev–Trinajstić information content (AvgIpc) is 3.23. The largest absolute Gasteiger partial charge is 0.493 e. The van der Waals surface area contributed by atoms with Gasteiger partial charge in [-0.2, -0.15) is 0 Å². The molecule has 0 aliphatic rings. The summed E-state index contributed by atoms with van der Waals surface area (Å²) in [5, 5.41) is 2.81. The first kappa shape index (κ1) is 19.4. The molecule has 28 heavy (non-hydrogen) atoms. The number of oxazole rings is 1. The van der Waals surface area contributed by atoms with E-state index in [0.29, 0.717) is 30.4 Å². The Balaban J connectivity index is 1.59. The first-order valence-electron chi connectivity index (χ1n) is 8.84. The van der Waals surface area contributed by atoms with E-state index >= 15 is 0 Å². The van der Waals surface area contributed by atoms with Crippen molar-refractivity contribution in [3.63, 3.8) is 0 Å². The second-order valence-electron chi connectivity index (χ2n) is 6.24. The summed E-state index contributed by atoms with van der Waals surface area (Å²) in [6.07, 6.45) is 1.90. The van der Waals surface area contributed by atoms with E-state index in [0.717, 1.165) is 11.1 Å². The summed E-state index contributed by atoms with van der Waals surface area (Å²) in [4.78, 5) is 16.6. The Kier molecular flexibility index (Phi) is 6.29. The molecule has 3 aromatic rings. The highest BCUT2D eigenvalue weighted by atomic mass is 16.5. The van der Waals surface area contributed by atoms with Crippen LogP contribution in [0.3, 0.4) is 0 Å². The number of aromatic nitrogens is 1. The van der Waals surface area contributed by atoms with Crippen molar-refractivity contribution in [3.8, 4) is 11.5 Å². The van der Waals surface area contributed by atoms with Gasteiger partial charge in [-0.3, -0.25) is 4.79 Å². The van der Waals surface area contributed by atoms with E-state index in [1.807, 2.05) is 42.5 Å². The number of nitrogens with zero attached hydrogens (tertiary/aromatic N) is 1. The second kappa shape index (κ2) is 9.05. The fourth-order valence-corrected chi connectivity index (χ4v) is 2.78. The molecule has 0 bridgehead atoms. The van der Waals surface area contributed by atoms with Crippen molar-refractivity contribution < 1.29 is 18.7 Å². The van der Waals surface area contributed by atoms with E-state index in [-0.39, 0.29) is 11.6 Å². The zero-order valence-electron chi connectivity index (χ0n) is 15.8. The van der Waals surface area contributed by atoms with Crippen LogP contribution in [-0.4, -0.2) is 25.1 Å². The van der Waals surface area contributed by atoms with E-state index in [2.05, 4.69) is 10.3 Å². The number of carbonyl (C=O) groups is 1. The molecule has 0 radical (unpaired) electrons. The number of nitrogens with two attached hydrogens (primary N) is 1. The molecule has 0 aliphatic carbocycles. The van der Waals surface area contributed by atoms with Gasteiger partial charge in [0.25, 0.3) is 5.91 Å². The maximum atomic E-state index is 12.4. The molecular formula is C21H23N3O4. The number of carbonyl (C=O) groups excluding carboxylic acids is 1. The lowest BCUT2D eigenvalue weighted by atomic mass is 10.1. The fourth-order valence-electron chi connectivity index (χ4n) is 2.78.